The Bertz CT molecular complexity index is 4580. The molecule has 4 atom stereocenters. The zero-order chi connectivity index (χ0) is 68.1. The molecule has 10 rings (SSSR count). The van der Waals surface area contributed by atoms with E-state index in [1.54, 1.807) is 83.0 Å². The average Bonchev–Trinajstić information content (AvgIpc) is 0.894. The van der Waals surface area contributed by atoms with Crippen molar-refractivity contribution in [3.63, 3.8) is 0 Å². The highest BCUT2D eigenvalue weighted by atomic mass is 35.5. The standard InChI is InChI=1S/C37H35Cl2NO12S.C30H25Cl2NO7S/c1-20(35(43)48-3)50-37(45)52-21(2)51-36(44)25(14-22-6-5-7-27(15-22)53(4,46)47)17-30(41)32-29(38)16-26-19-40(12-10-28(26)33(32)39)34(42)24-9-8-23-11-13-49-31(23)18-24;1-41(38,39)22-4-2-3-17(12-22)11-20(30(36)37)14-25(34)27-24(31)13-21-16-33(9-7-23(21)28(27)32)29(35)19-6-5-18-8-10-40-26(18)15-19/h5-9,11,13,15-16,18,20-21,25H,10,12,14,17,19H2,1-4H3;2-6,8,10,12-13,15,20H,7,9,11,14,16H2,1H3,(H,36,37)/t20-,21?,25-;20-/m11/s1. The largest absolute Gasteiger partial charge is 0.512 e. The lowest BCUT2D eigenvalue weighted by Crippen LogP contribution is -2.36. The third-order valence-electron chi connectivity index (χ3n) is 15.9. The van der Waals surface area contributed by atoms with Crippen LogP contribution in [0.5, 0.6) is 0 Å². The van der Waals surface area contributed by atoms with E-state index >= 15 is 0 Å². The highest BCUT2D eigenvalue weighted by Gasteiger charge is 2.35. The van der Waals surface area contributed by atoms with Crippen LogP contribution in [0.4, 0.5) is 4.79 Å². The van der Waals surface area contributed by atoms with Gasteiger partial charge in [0.1, 0.15) is 11.2 Å². The van der Waals surface area contributed by atoms with E-state index in [2.05, 4.69) is 4.74 Å². The van der Waals surface area contributed by atoms with Crippen LogP contribution in [-0.2, 0) is 91.8 Å². The van der Waals surface area contributed by atoms with Crippen molar-refractivity contribution >= 4 is 135 Å². The van der Waals surface area contributed by atoms with E-state index in [0.29, 0.717) is 81.6 Å². The van der Waals surface area contributed by atoms with Crippen LogP contribution in [0, 0.1) is 11.8 Å². The van der Waals surface area contributed by atoms with Crippen molar-refractivity contribution in [1.82, 2.24) is 9.80 Å². The minimum absolute atomic E-state index is 0.00225. The van der Waals surface area contributed by atoms with Crippen LogP contribution in [0.2, 0.25) is 20.1 Å². The van der Waals surface area contributed by atoms with E-state index in [9.17, 15) is 60.3 Å². The number of fused-ring (bicyclic) bond motifs is 4. The summed E-state index contributed by atoms with van der Waals surface area (Å²) in [6.07, 6.45) is 0.753. The Labute approximate surface area is 559 Å². The second kappa shape index (κ2) is 29.4. The lowest BCUT2D eigenvalue weighted by atomic mass is 9.89. The molecule has 1 N–H and O–H groups in total. The van der Waals surface area contributed by atoms with Crippen LogP contribution < -0.4 is 0 Å². The van der Waals surface area contributed by atoms with E-state index in [-0.39, 0.29) is 85.2 Å². The molecule has 1 unspecified atom stereocenters. The number of halogens is 4. The van der Waals surface area contributed by atoms with Crippen molar-refractivity contribution in [2.45, 2.75) is 87.6 Å². The van der Waals surface area contributed by atoms with Gasteiger partial charge in [0.15, 0.2) is 37.3 Å². The molecule has 0 bridgehead atoms. The van der Waals surface area contributed by atoms with Crippen molar-refractivity contribution in [2.75, 3.05) is 32.7 Å². The Morgan fingerprint density at radius 1 is 0.564 bits per heavy atom. The molecule has 6 aromatic carbocycles. The summed E-state index contributed by atoms with van der Waals surface area (Å²) in [7, 11) is -5.97. The molecular formula is C67H60Cl4N2O19S2. The average molecular weight is 1400 g/mol. The number of amides is 2. The number of esters is 2. The summed E-state index contributed by atoms with van der Waals surface area (Å²) in [5.41, 5.74) is 5.73. The van der Waals surface area contributed by atoms with E-state index < -0.39 is 86.0 Å². The number of hydrogen-bond donors (Lipinski definition) is 1. The van der Waals surface area contributed by atoms with Gasteiger partial charge in [-0.2, -0.15) is 0 Å². The molecule has 27 heteroatoms. The fourth-order valence-electron chi connectivity index (χ4n) is 11.0. The normalized spacial score (nSPS) is 14.3. The molecule has 21 nitrogen and oxygen atoms in total. The maximum atomic E-state index is 13.9. The van der Waals surface area contributed by atoms with Gasteiger partial charge in [-0.1, -0.05) is 82.8 Å². The van der Waals surface area contributed by atoms with Gasteiger partial charge in [-0.15, -0.1) is 0 Å². The SMILES string of the molecule is COC(=O)[C@@H](C)OC(=O)OC(C)OC(=O)[C@@H](CC(=O)c1c(Cl)cc2c(c1Cl)CCN(C(=O)c1ccc3ccoc3c1)C2)Cc1cccc(S(C)(=O)=O)c1.CS(=O)(=O)c1cccc(C[C@H](CC(=O)c2c(Cl)cc3c(c2Cl)CCN(C(=O)c2ccc4ccoc4c2)C3)C(=O)O)c1. The minimum Gasteiger partial charge on any atom is -0.481 e. The number of nitrogens with zero attached hydrogens (tertiary/aromatic N) is 2. The molecule has 0 radical (unpaired) electrons. The zero-order valence-corrected chi connectivity index (χ0v) is 55.6. The minimum atomic E-state index is -3.60. The van der Waals surface area contributed by atoms with Crippen molar-refractivity contribution in [2.24, 2.45) is 11.8 Å². The summed E-state index contributed by atoms with van der Waals surface area (Å²) in [5.74, 6) is -6.87. The first-order chi connectivity index (χ1) is 44.5. The Morgan fingerprint density at radius 2 is 1.01 bits per heavy atom. The molecule has 492 valence electrons. The topological polar surface area (TPSA) is 295 Å². The number of benzene rings is 6. The van der Waals surface area contributed by atoms with Crippen LogP contribution in [0.1, 0.15) is 102 Å². The second-order valence-corrected chi connectivity index (χ2v) is 28.2. The number of rotatable bonds is 20. The van der Waals surface area contributed by atoms with Gasteiger partial charge in [-0.25, -0.2) is 26.4 Å². The van der Waals surface area contributed by atoms with Crippen LogP contribution in [0.25, 0.3) is 21.9 Å². The molecule has 0 aliphatic carbocycles. The van der Waals surface area contributed by atoms with Gasteiger partial charge in [0.05, 0.1) is 72.5 Å². The number of carboxylic acid groups (broad SMARTS) is 1. The molecule has 2 aliphatic rings. The van der Waals surface area contributed by atoms with Gasteiger partial charge in [0.2, 0.25) is 6.29 Å². The summed E-state index contributed by atoms with van der Waals surface area (Å²) in [6, 6.07) is 29.1. The molecule has 0 saturated heterocycles. The van der Waals surface area contributed by atoms with Crippen LogP contribution in [0.15, 0.2) is 140 Å². The molecule has 2 amide bonds. The number of carbonyl (C=O) groups is 8. The molecule has 0 saturated carbocycles. The predicted molar refractivity (Wildman–Crippen MR) is 346 cm³/mol. The number of ether oxygens (including phenoxy) is 4. The third kappa shape index (κ3) is 16.5. The van der Waals surface area contributed by atoms with Gasteiger partial charge in [0.25, 0.3) is 11.8 Å². The first-order valence-electron chi connectivity index (χ1n) is 29.0. The Morgan fingerprint density at radius 3 is 1.45 bits per heavy atom. The number of carboxylic acids is 1. The van der Waals surface area contributed by atoms with E-state index in [1.807, 2.05) is 12.1 Å². The van der Waals surface area contributed by atoms with Gasteiger partial charge >= 0.3 is 24.1 Å². The third-order valence-corrected chi connectivity index (χ3v) is 19.5. The van der Waals surface area contributed by atoms with Gasteiger partial charge in [-0.05, 0) is 139 Å². The number of methoxy groups -OCH3 is 1. The summed E-state index contributed by atoms with van der Waals surface area (Å²) in [4.78, 5) is 107. The number of hydrogen-bond acceptors (Lipinski definition) is 18. The second-order valence-electron chi connectivity index (χ2n) is 22.6. The molecular weight excluding hydrogens is 1340 g/mol. The molecule has 2 aromatic heterocycles. The van der Waals surface area contributed by atoms with Crippen LogP contribution in [0.3, 0.4) is 0 Å². The van der Waals surface area contributed by atoms with E-state index in [4.69, 9.17) is 69.4 Å². The van der Waals surface area contributed by atoms with Crippen molar-refractivity contribution in [3.8, 4) is 0 Å². The Balaban J connectivity index is 0.000000228. The number of ketones is 2. The maximum Gasteiger partial charge on any atom is 0.512 e. The molecule has 4 heterocycles. The van der Waals surface area contributed by atoms with Gasteiger partial charge in [0, 0.05) is 80.4 Å². The zero-order valence-electron chi connectivity index (χ0n) is 50.9. The molecule has 0 spiro atoms. The predicted octanol–water partition coefficient (Wildman–Crippen LogP) is 12.2. The summed E-state index contributed by atoms with van der Waals surface area (Å²) in [5, 5.41) is 11.9. The highest BCUT2D eigenvalue weighted by Crippen LogP contribution is 2.39. The lowest BCUT2D eigenvalue weighted by molar-refractivity contribution is -0.175. The van der Waals surface area contributed by atoms with Crippen molar-refractivity contribution < 1.29 is 88.1 Å². The summed E-state index contributed by atoms with van der Waals surface area (Å²) < 4.78 is 78.7. The summed E-state index contributed by atoms with van der Waals surface area (Å²) in [6.45, 7) is 3.58. The van der Waals surface area contributed by atoms with Gasteiger partial charge < -0.3 is 42.7 Å². The molecule has 2 aliphatic heterocycles. The first-order valence-corrected chi connectivity index (χ1v) is 34.3. The molecule has 0 fully saturated rings. The number of carbonyl (C=O) groups excluding carboxylic acids is 7. The molecule has 8 aromatic rings. The maximum absolute atomic E-state index is 13.9. The van der Waals surface area contributed by atoms with Crippen molar-refractivity contribution in [3.05, 3.63) is 197 Å². The highest BCUT2D eigenvalue weighted by molar-refractivity contribution is 7.91. The number of sulfone groups is 2. The fourth-order valence-corrected chi connectivity index (χ4v) is 14.0. The van der Waals surface area contributed by atoms with E-state index in [1.165, 1.54) is 50.2 Å². The van der Waals surface area contributed by atoms with Crippen molar-refractivity contribution in [1.29, 1.82) is 0 Å². The van der Waals surface area contributed by atoms with Crippen LogP contribution in [-0.4, -0.2) is 124 Å². The summed E-state index contributed by atoms with van der Waals surface area (Å²) >= 11 is 26.7. The van der Waals surface area contributed by atoms with E-state index in [0.717, 1.165) is 30.4 Å². The fraction of sp³-hybridized carbons (Fsp3) is 0.284. The monoisotopic (exact) mass is 1400 g/mol. The Kier molecular flexibility index (Phi) is 21.8. The molecule has 94 heavy (non-hydrogen) atoms. The van der Waals surface area contributed by atoms with Crippen LogP contribution >= 0.6 is 46.4 Å². The smallest absolute Gasteiger partial charge is 0.481 e. The number of furan rings is 2. The lowest BCUT2D eigenvalue weighted by Gasteiger charge is -2.30. The number of aliphatic carboxylic acids is 1. The first kappa shape index (κ1) is 69.8. The number of Topliss-reactive ketones (excluding diaryl/α,β-unsaturated/α-hetero) is 2. The Hall–Kier alpha value is -8.58. The quantitative estimate of drug-likeness (QED) is 0.0321. The van der Waals surface area contributed by atoms with Gasteiger partial charge in [-0.3, -0.25) is 28.8 Å².